The van der Waals surface area contributed by atoms with E-state index in [1.165, 1.54) is 7.11 Å². The lowest BCUT2D eigenvalue weighted by Crippen LogP contribution is -2.46. The second-order valence-electron chi connectivity index (χ2n) is 6.30. The number of methoxy groups -OCH3 is 1. The van der Waals surface area contributed by atoms with E-state index in [9.17, 15) is 9.59 Å². The lowest BCUT2D eigenvalue weighted by atomic mass is 10.0. The molecular formula is C14H19N3O3. The molecule has 1 aliphatic carbocycles. The molecule has 6 nitrogen and oxygen atoms in total. The Morgan fingerprint density at radius 2 is 2.15 bits per heavy atom. The van der Waals surface area contributed by atoms with Gasteiger partial charge in [-0.15, -0.1) is 0 Å². The first-order valence-corrected chi connectivity index (χ1v) is 6.74. The van der Waals surface area contributed by atoms with Gasteiger partial charge in [0, 0.05) is 25.7 Å². The summed E-state index contributed by atoms with van der Waals surface area (Å²) in [6, 6.07) is -0.477. The molecule has 2 heterocycles. The van der Waals surface area contributed by atoms with Gasteiger partial charge < -0.3 is 14.2 Å². The Kier molecular flexibility index (Phi) is 2.68. The second kappa shape index (κ2) is 4.07. The summed E-state index contributed by atoms with van der Waals surface area (Å²) in [6.45, 7) is 4.88. The van der Waals surface area contributed by atoms with Crippen LogP contribution < -0.4 is 0 Å². The van der Waals surface area contributed by atoms with Gasteiger partial charge in [0.15, 0.2) is 0 Å². The number of ether oxygens (including phenoxy) is 1. The molecule has 1 aliphatic heterocycles. The molecule has 1 amide bonds. The quantitative estimate of drug-likeness (QED) is 0.746. The Morgan fingerprint density at radius 1 is 1.45 bits per heavy atom. The topological polar surface area (TPSA) is 64.4 Å². The molecule has 108 valence electrons. The maximum absolute atomic E-state index is 12.5. The van der Waals surface area contributed by atoms with Crippen LogP contribution in [0.1, 0.15) is 24.3 Å². The van der Waals surface area contributed by atoms with Gasteiger partial charge in [0.2, 0.25) is 0 Å². The number of amides is 1. The SMILES string of the molecule is COC(=O)[C@@H]1[C@@H]2[C@H](CN1C(=O)c1cn(C)cn1)C2(C)C. The average molecular weight is 277 g/mol. The van der Waals surface area contributed by atoms with Crippen molar-refractivity contribution in [2.75, 3.05) is 13.7 Å². The Morgan fingerprint density at radius 3 is 2.70 bits per heavy atom. The highest BCUT2D eigenvalue weighted by molar-refractivity contribution is 5.96. The van der Waals surface area contributed by atoms with Crippen molar-refractivity contribution in [3.8, 4) is 0 Å². The number of aromatic nitrogens is 2. The molecule has 0 bridgehead atoms. The highest BCUT2D eigenvalue weighted by Crippen LogP contribution is 2.65. The molecule has 2 aliphatic rings. The van der Waals surface area contributed by atoms with Crippen molar-refractivity contribution >= 4 is 11.9 Å². The molecular weight excluding hydrogens is 258 g/mol. The van der Waals surface area contributed by atoms with Crippen LogP contribution in [0.15, 0.2) is 12.5 Å². The first kappa shape index (κ1) is 13.1. The normalized spacial score (nSPS) is 30.0. The number of esters is 1. The van der Waals surface area contributed by atoms with Gasteiger partial charge in [0.25, 0.3) is 5.91 Å². The summed E-state index contributed by atoms with van der Waals surface area (Å²) in [5.41, 5.74) is 0.486. The maximum atomic E-state index is 12.5. The van der Waals surface area contributed by atoms with Crippen LogP contribution >= 0.6 is 0 Å². The molecule has 3 rings (SSSR count). The Hall–Kier alpha value is -1.85. The van der Waals surface area contributed by atoms with Crippen LogP contribution in [-0.2, 0) is 16.6 Å². The van der Waals surface area contributed by atoms with Crippen LogP contribution in [0.25, 0.3) is 0 Å². The molecule has 1 aromatic heterocycles. The number of nitrogens with zero attached hydrogens (tertiary/aromatic N) is 3. The zero-order valence-electron chi connectivity index (χ0n) is 12.2. The van der Waals surface area contributed by atoms with Gasteiger partial charge in [0.1, 0.15) is 11.7 Å². The zero-order chi connectivity index (χ0) is 14.7. The summed E-state index contributed by atoms with van der Waals surface area (Å²) in [4.78, 5) is 30.3. The van der Waals surface area contributed by atoms with Crippen molar-refractivity contribution in [2.45, 2.75) is 19.9 Å². The number of rotatable bonds is 2. The summed E-state index contributed by atoms with van der Waals surface area (Å²) >= 11 is 0. The minimum absolute atomic E-state index is 0.111. The van der Waals surface area contributed by atoms with Crippen LogP contribution in [-0.4, -0.2) is 46.0 Å². The van der Waals surface area contributed by atoms with Gasteiger partial charge in [0.05, 0.1) is 13.4 Å². The van der Waals surface area contributed by atoms with Crippen LogP contribution in [0.3, 0.4) is 0 Å². The first-order valence-electron chi connectivity index (χ1n) is 6.74. The molecule has 20 heavy (non-hydrogen) atoms. The molecule has 0 spiro atoms. The summed E-state index contributed by atoms with van der Waals surface area (Å²) in [5, 5.41) is 0. The smallest absolute Gasteiger partial charge is 0.328 e. The molecule has 0 N–H and O–H groups in total. The lowest BCUT2D eigenvalue weighted by Gasteiger charge is -2.28. The summed E-state index contributed by atoms with van der Waals surface area (Å²) in [6.07, 6.45) is 3.26. The van der Waals surface area contributed by atoms with Crippen LogP contribution in [0.4, 0.5) is 0 Å². The molecule has 0 radical (unpaired) electrons. The fourth-order valence-electron chi connectivity index (χ4n) is 3.56. The molecule has 1 saturated heterocycles. The van der Waals surface area contributed by atoms with E-state index in [0.717, 1.165) is 0 Å². The van der Waals surface area contributed by atoms with Crippen molar-refractivity contribution in [3.05, 3.63) is 18.2 Å². The van der Waals surface area contributed by atoms with Crippen molar-refractivity contribution in [3.63, 3.8) is 0 Å². The van der Waals surface area contributed by atoms with Crippen molar-refractivity contribution in [1.29, 1.82) is 0 Å². The van der Waals surface area contributed by atoms with Gasteiger partial charge in [-0.25, -0.2) is 9.78 Å². The number of carbonyl (C=O) groups is 2. The fraction of sp³-hybridized carbons (Fsp3) is 0.643. The van der Waals surface area contributed by atoms with Gasteiger partial charge >= 0.3 is 5.97 Å². The number of hydrogen-bond donors (Lipinski definition) is 0. The number of hydrogen-bond acceptors (Lipinski definition) is 4. The molecule has 2 fully saturated rings. The Balaban J connectivity index is 1.87. The molecule has 6 heteroatoms. The maximum Gasteiger partial charge on any atom is 0.328 e. The third-order valence-electron chi connectivity index (χ3n) is 4.84. The zero-order valence-corrected chi connectivity index (χ0v) is 12.2. The lowest BCUT2D eigenvalue weighted by molar-refractivity contribution is -0.146. The number of carbonyl (C=O) groups excluding carboxylic acids is 2. The molecule has 3 atom stereocenters. The number of likely N-dealkylation sites (tertiary alicyclic amines) is 1. The van der Waals surface area contributed by atoms with E-state index < -0.39 is 6.04 Å². The second-order valence-corrected chi connectivity index (χ2v) is 6.30. The largest absolute Gasteiger partial charge is 0.467 e. The predicted octanol–water partition coefficient (Wildman–Crippen LogP) is 0.690. The minimum Gasteiger partial charge on any atom is -0.467 e. The van der Waals surface area contributed by atoms with Gasteiger partial charge in [-0.1, -0.05) is 13.8 Å². The van der Waals surface area contributed by atoms with Crippen molar-refractivity contribution < 1.29 is 14.3 Å². The minimum atomic E-state index is -0.477. The summed E-state index contributed by atoms with van der Waals surface area (Å²) in [5.74, 6) is 0.0539. The standard InChI is InChI=1S/C14H19N3O3/c1-14(2)8-5-17(11(10(8)14)13(19)20-4)12(18)9-6-16(3)7-15-9/h6-8,10-11H,5H2,1-4H3/t8-,10-,11-/m0/s1. The van der Waals surface area contributed by atoms with E-state index in [1.54, 1.807) is 22.0 Å². The van der Waals surface area contributed by atoms with Crippen LogP contribution in [0, 0.1) is 17.3 Å². The fourth-order valence-corrected chi connectivity index (χ4v) is 3.56. The van der Waals surface area contributed by atoms with Crippen LogP contribution in [0.5, 0.6) is 0 Å². The van der Waals surface area contributed by atoms with E-state index in [-0.39, 0.29) is 23.2 Å². The van der Waals surface area contributed by atoms with E-state index in [0.29, 0.717) is 18.2 Å². The van der Waals surface area contributed by atoms with E-state index >= 15 is 0 Å². The Labute approximate surface area is 117 Å². The van der Waals surface area contributed by atoms with Gasteiger partial charge in [-0.3, -0.25) is 4.79 Å². The molecule has 0 aromatic carbocycles. The van der Waals surface area contributed by atoms with E-state index in [4.69, 9.17) is 4.74 Å². The van der Waals surface area contributed by atoms with Gasteiger partial charge in [-0.2, -0.15) is 0 Å². The molecule has 0 unspecified atom stereocenters. The third kappa shape index (κ3) is 1.67. The van der Waals surface area contributed by atoms with Gasteiger partial charge in [-0.05, 0) is 11.3 Å². The average Bonchev–Trinajstić information content (AvgIpc) is 2.85. The molecule has 1 saturated carbocycles. The highest BCUT2D eigenvalue weighted by Gasteiger charge is 2.69. The third-order valence-corrected chi connectivity index (χ3v) is 4.84. The number of fused-ring (bicyclic) bond motifs is 1. The Bertz CT molecular complexity index is 578. The molecule has 1 aromatic rings. The number of imidazole rings is 1. The van der Waals surface area contributed by atoms with E-state index in [2.05, 4.69) is 18.8 Å². The first-order chi connectivity index (χ1) is 9.37. The van der Waals surface area contributed by atoms with E-state index in [1.807, 2.05) is 7.05 Å². The van der Waals surface area contributed by atoms with Crippen molar-refractivity contribution in [1.82, 2.24) is 14.5 Å². The summed E-state index contributed by atoms with van der Waals surface area (Å²) < 4.78 is 6.61. The predicted molar refractivity (Wildman–Crippen MR) is 70.8 cm³/mol. The number of aryl methyl sites for hydroxylation is 1. The van der Waals surface area contributed by atoms with Crippen molar-refractivity contribution in [2.24, 2.45) is 24.3 Å². The highest BCUT2D eigenvalue weighted by atomic mass is 16.5. The summed E-state index contributed by atoms with van der Waals surface area (Å²) in [7, 11) is 3.18. The number of piperidine rings is 1. The monoisotopic (exact) mass is 277 g/mol. The van der Waals surface area contributed by atoms with Crippen LogP contribution in [0.2, 0.25) is 0 Å².